The number of anilines is 1. The Bertz CT molecular complexity index is 563. The summed E-state index contributed by atoms with van der Waals surface area (Å²) in [5, 5.41) is 5.63. The monoisotopic (exact) mass is 411 g/mol. The Hall–Kier alpha value is -1.56. The molecule has 0 aliphatic carbocycles. The van der Waals surface area contributed by atoms with Gasteiger partial charge in [-0.15, -0.1) is 0 Å². The number of carbonyl (C=O) groups is 2. The molecule has 0 bridgehead atoms. The zero-order chi connectivity index (χ0) is 19.1. The van der Waals surface area contributed by atoms with Crippen molar-refractivity contribution in [1.82, 2.24) is 10.2 Å². The van der Waals surface area contributed by atoms with E-state index >= 15 is 0 Å². The largest absolute Gasteiger partial charge is 0.336 e. The van der Waals surface area contributed by atoms with Gasteiger partial charge in [-0.3, -0.25) is 4.79 Å². The van der Waals surface area contributed by atoms with Crippen LogP contribution in [0.25, 0.3) is 0 Å². The number of carbonyl (C=O) groups excluding carboxylic acids is 2. The quantitative estimate of drug-likeness (QED) is 0.686. The zero-order valence-electron chi connectivity index (χ0n) is 16.0. The molecule has 25 heavy (non-hydrogen) atoms. The van der Waals surface area contributed by atoms with Gasteiger partial charge >= 0.3 is 6.03 Å². The number of urea groups is 1. The predicted molar refractivity (Wildman–Crippen MR) is 107 cm³/mol. The van der Waals surface area contributed by atoms with Crippen LogP contribution in [0, 0.1) is 5.92 Å². The number of amides is 3. The van der Waals surface area contributed by atoms with E-state index in [9.17, 15) is 9.59 Å². The van der Waals surface area contributed by atoms with E-state index in [-0.39, 0.29) is 24.0 Å². The molecule has 140 valence electrons. The van der Waals surface area contributed by atoms with Gasteiger partial charge in [-0.25, -0.2) is 4.79 Å². The van der Waals surface area contributed by atoms with E-state index in [4.69, 9.17) is 0 Å². The number of nitrogens with one attached hydrogen (secondary N) is 2. The third-order valence-corrected chi connectivity index (χ3v) is 4.31. The summed E-state index contributed by atoms with van der Waals surface area (Å²) in [6, 6.07) is 6.57. The van der Waals surface area contributed by atoms with Crippen molar-refractivity contribution in [3.8, 4) is 0 Å². The van der Waals surface area contributed by atoms with Gasteiger partial charge in [0.05, 0.1) is 0 Å². The van der Waals surface area contributed by atoms with Crippen molar-refractivity contribution in [1.29, 1.82) is 0 Å². The fraction of sp³-hybridized carbons (Fsp3) is 0.579. The minimum Gasteiger partial charge on any atom is -0.336 e. The van der Waals surface area contributed by atoms with Gasteiger partial charge in [-0.05, 0) is 64.3 Å². The van der Waals surface area contributed by atoms with E-state index in [1.807, 2.05) is 58.6 Å². The summed E-state index contributed by atoms with van der Waals surface area (Å²) in [5.74, 6) is 0.257. The topological polar surface area (TPSA) is 61.4 Å². The lowest BCUT2D eigenvalue weighted by molar-refractivity contribution is -0.137. The molecule has 1 aromatic rings. The molecule has 1 rings (SSSR count). The fourth-order valence-corrected chi connectivity index (χ4v) is 3.10. The van der Waals surface area contributed by atoms with E-state index in [0.717, 1.165) is 4.47 Å². The summed E-state index contributed by atoms with van der Waals surface area (Å²) in [6.45, 7) is 12.1. The zero-order valence-corrected chi connectivity index (χ0v) is 17.6. The minimum absolute atomic E-state index is 0.0374. The summed E-state index contributed by atoms with van der Waals surface area (Å²) in [6.07, 6.45) is 0.600. The van der Waals surface area contributed by atoms with Crippen LogP contribution < -0.4 is 10.6 Å². The van der Waals surface area contributed by atoms with Crippen molar-refractivity contribution < 1.29 is 9.59 Å². The Labute approximate surface area is 159 Å². The minimum atomic E-state index is -0.541. The Balaban J connectivity index is 2.85. The van der Waals surface area contributed by atoms with Crippen molar-refractivity contribution in [3.05, 3.63) is 28.7 Å². The van der Waals surface area contributed by atoms with Gasteiger partial charge in [0.25, 0.3) is 0 Å². The first kappa shape index (κ1) is 21.5. The molecule has 0 spiro atoms. The second-order valence-electron chi connectivity index (χ2n) is 7.22. The van der Waals surface area contributed by atoms with E-state index in [1.54, 1.807) is 12.1 Å². The molecule has 6 heteroatoms. The van der Waals surface area contributed by atoms with Crippen molar-refractivity contribution in [3.63, 3.8) is 0 Å². The highest BCUT2D eigenvalue weighted by molar-refractivity contribution is 9.10. The van der Waals surface area contributed by atoms with Gasteiger partial charge in [0.2, 0.25) is 5.91 Å². The van der Waals surface area contributed by atoms with Crippen LogP contribution in [0.5, 0.6) is 0 Å². The van der Waals surface area contributed by atoms with Crippen LogP contribution in [-0.4, -0.2) is 35.0 Å². The van der Waals surface area contributed by atoms with Crippen LogP contribution in [0.4, 0.5) is 10.5 Å². The summed E-state index contributed by atoms with van der Waals surface area (Å²) in [5.41, 5.74) is 0.682. The lowest BCUT2D eigenvalue weighted by Gasteiger charge is -2.34. The lowest BCUT2D eigenvalue weighted by Crippen LogP contribution is -2.54. The first-order chi connectivity index (χ1) is 11.6. The standard InChI is InChI=1S/C19H30BrN3O2/c1-12(2)11-17(18(24)23(13(3)4)14(5)6)22-19(25)21-16-9-7-15(20)8-10-16/h7-10,12-14,17H,11H2,1-6H3,(H2,21,22,25)/t17-/m0/s1. The number of hydrogen-bond donors (Lipinski definition) is 2. The fourth-order valence-electron chi connectivity index (χ4n) is 2.84. The van der Waals surface area contributed by atoms with E-state index in [0.29, 0.717) is 18.0 Å². The summed E-state index contributed by atoms with van der Waals surface area (Å²) in [4.78, 5) is 27.1. The molecule has 3 amide bonds. The molecule has 1 atom stereocenters. The van der Waals surface area contributed by atoms with Crippen LogP contribution in [0.3, 0.4) is 0 Å². The molecule has 0 unspecified atom stereocenters. The van der Waals surface area contributed by atoms with E-state index in [1.165, 1.54) is 0 Å². The second kappa shape index (κ2) is 9.80. The van der Waals surface area contributed by atoms with Crippen LogP contribution in [0.1, 0.15) is 48.0 Å². The Morgan fingerprint density at radius 2 is 1.52 bits per heavy atom. The van der Waals surface area contributed by atoms with Crippen molar-refractivity contribution >= 4 is 33.6 Å². The molecule has 0 aliphatic heterocycles. The van der Waals surface area contributed by atoms with Crippen molar-refractivity contribution in [2.75, 3.05) is 5.32 Å². The Morgan fingerprint density at radius 1 is 1.00 bits per heavy atom. The highest BCUT2D eigenvalue weighted by atomic mass is 79.9. The van der Waals surface area contributed by atoms with Gasteiger partial charge in [-0.1, -0.05) is 29.8 Å². The van der Waals surface area contributed by atoms with Crippen LogP contribution in [0.15, 0.2) is 28.7 Å². The number of rotatable bonds is 7. The molecule has 0 saturated carbocycles. The number of halogens is 1. The first-order valence-corrected chi connectivity index (χ1v) is 9.56. The van der Waals surface area contributed by atoms with E-state index in [2.05, 4.69) is 26.6 Å². The summed E-state index contributed by atoms with van der Waals surface area (Å²) >= 11 is 3.36. The van der Waals surface area contributed by atoms with E-state index < -0.39 is 6.04 Å². The molecule has 5 nitrogen and oxygen atoms in total. The van der Waals surface area contributed by atoms with Gasteiger partial charge in [0.1, 0.15) is 6.04 Å². The van der Waals surface area contributed by atoms with Gasteiger partial charge in [0, 0.05) is 22.2 Å². The van der Waals surface area contributed by atoms with Gasteiger partial charge < -0.3 is 15.5 Å². The number of nitrogens with zero attached hydrogens (tertiary/aromatic N) is 1. The highest BCUT2D eigenvalue weighted by Gasteiger charge is 2.29. The Kier molecular flexibility index (Phi) is 8.42. The van der Waals surface area contributed by atoms with Crippen LogP contribution >= 0.6 is 15.9 Å². The van der Waals surface area contributed by atoms with Crippen LogP contribution in [0.2, 0.25) is 0 Å². The van der Waals surface area contributed by atoms with Crippen molar-refractivity contribution in [2.24, 2.45) is 5.92 Å². The molecule has 0 aromatic heterocycles. The molecular weight excluding hydrogens is 382 g/mol. The number of hydrogen-bond acceptors (Lipinski definition) is 2. The summed E-state index contributed by atoms with van der Waals surface area (Å²) < 4.78 is 0.941. The van der Waals surface area contributed by atoms with Crippen molar-refractivity contribution in [2.45, 2.75) is 66.1 Å². The molecule has 0 aliphatic rings. The predicted octanol–water partition coefficient (Wildman–Crippen LogP) is 4.63. The average Bonchev–Trinajstić information content (AvgIpc) is 2.47. The smallest absolute Gasteiger partial charge is 0.319 e. The third kappa shape index (κ3) is 7.06. The molecule has 0 radical (unpaired) electrons. The molecule has 2 N–H and O–H groups in total. The molecule has 0 saturated heterocycles. The maximum absolute atomic E-state index is 13.0. The molecule has 0 heterocycles. The third-order valence-electron chi connectivity index (χ3n) is 3.78. The maximum Gasteiger partial charge on any atom is 0.319 e. The normalized spacial score (nSPS) is 12.4. The van der Waals surface area contributed by atoms with Gasteiger partial charge in [-0.2, -0.15) is 0 Å². The second-order valence-corrected chi connectivity index (χ2v) is 8.14. The van der Waals surface area contributed by atoms with Crippen LogP contribution in [-0.2, 0) is 4.79 Å². The van der Waals surface area contributed by atoms with Gasteiger partial charge in [0.15, 0.2) is 0 Å². The maximum atomic E-state index is 13.0. The number of benzene rings is 1. The first-order valence-electron chi connectivity index (χ1n) is 8.77. The summed E-state index contributed by atoms with van der Waals surface area (Å²) in [7, 11) is 0. The lowest BCUT2D eigenvalue weighted by atomic mass is 10.0. The highest BCUT2D eigenvalue weighted by Crippen LogP contribution is 2.16. The molecule has 1 aromatic carbocycles. The SMILES string of the molecule is CC(C)C[C@H](NC(=O)Nc1ccc(Br)cc1)C(=O)N(C(C)C)C(C)C. The Morgan fingerprint density at radius 3 is 1.96 bits per heavy atom. The average molecular weight is 412 g/mol. The molecule has 0 fully saturated rings. The molecular formula is C19H30BrN3O2.